The minimum Gasteiger partial charge on any atom is -0.480 e. The van der Waals surface area contributed by atoms with Gasteiger partial charge in [-0.1, -0.05) is 41.9 Å². The number of rotatable bonds is 2. The molecule has 0 aromatic heterocycles. The van der Waals surface area contributed by atoms with Crippen LogP contribution in [-0.4, -0.2) is 17.1 Å². The fourth-order valence-corrected chi connectivity index (χ4v) is 2.91. The lowest BCUT2D eigenvalue weighted by Gasteiger charge is -2.31. The lowest BCUT2D eigenvalue weighted by molar-refractivity contribution is -0.138. The molecule has 1 heterocycles. The predicted molar refractivity (Wildman–Crippen MR) is 79.4 cm³/mol. The van der Waals surface area contributed by atoms with Gasteiger partial charge >= 0.3 is 5.97 Å². The summed E-state index contributed by atoms with van der Waals surface area (Å²) in [6.07, 6.45) is 0.521. The molecule has 1 aliphatic heterocycles. The average molecular weight is 288 g/mol. The van der Waals surface area contributed by atoms with Crippen molar-refractivity contribution in [2.45, 2.75) is 18.4 Å². The van der Waals surface area contributed by atoms with Crippen molar-refractivity contribution in [1.82, 2.24) is 0 Å². The van der Waals surface area contributed by atoms with Crippen LogP contribution in [0, 0.1) is 0 Å². The molecule has 20 heavy (non-hydrogen) atoms. The van der Waals surface area contributed by atoms with E-state index in [0.29, 0.717) is 11.4 Å². The van der Waals surface area contributed by atoms with E-state index in [2.05, 4.69) is 5.32 Å². The van der Waals surface area contributed by atoms with Crippen LogP contribution < -0.4 is 5.32 Å². The summed E-state index contributed by atoms with van der Waals surface area (Å²) in [6.45, 7) is 0. The number of halogens is 1. The molecule has 1 aliphatic rings. The molecular formula is C16H14ClNO2. The molecule has 0 saturated carbocycles. The fraction of sp³-hybridized carbons (Fsp3) is 0.188. The molecule has 2 atom stereocenters. The van der Waals surface area contributed by atoms with Crippen LogP contribution in [0.25, 0.3) is 0 Å². The number of hydrogen-bond acceptors (Lipinski definition) is 2. The van der Waals surface area contributed by atoms with Gasteiger partial charge in [0.2, 0.25) is 0 Å². The number of aliphatic carboxylic acids is 1. The highest BCUT2D eigenvalue weighted by Crippen LogP contribution is 2.39. The summed E-state index contributed by atoms with van der Waals surface area (Å²) >= 11 is 6.08. The van der Waals surface area contributed by atoms with Crippen LogP contribution in [0.2, 0.25) is 5.02 Å². The highest BCUT2D eigenvalue weighted by molar-refractivity contribution is 6.30. The molecule has 0 aliphatic carbocycles. The van der Waals surface area contributed by atoms with Gasteiger partial charge in [0.05, 0.1) is 0 Å². The first-order valence-corrected chi connectivity index (χ1v) is 6.86. The van der Waals surface area contributed by atoms with Gasteiger partial charge in [-0.05, 0) is 35.7 Å². The van der Waals surface area contributed by atoms with E-state index in [1.54, 1.807) is 6.07 Å². The molecule has 0 amide bonds. The number of anilines is 1. The summed E-state index contributed by atoms with van der Waals surface area (Å²) in [4.78, 5) is 11.3. The van der Waals surface area contributed by atoms with E-state index in [1.165, 1.54) is 0 Å². The summed E-state index contributed by atoms with van der Waals surface area (Å²) in [5.41, 5.74) is 3.02. The molecule has 2 aromatic carbocycles. The third-order valence-corrected chi connectivity index (χ3v) is 3.93. The van der Waals surface area contributed by atoms with Gasteiger partial charge in [-0.2, -0.15) is 0 Å². The van der Waals surface area contributed by atoms with Gasteiger partial charge in [-0.25, -0.2) is 4.79 Å². The third-order valence-electron chi connectivity index (χ3n) is 3.69. The predicted octanol–water partition coefficient (Wildman–Crippen LogP) is 3.74. The van der Waals surface area contributed by atoms with Crippen molar-refractivity contribution in [3.63, 3.8) is 0 Å². The molecule has 3 rings (SSSR count). The molecule has 0 bridgehead atoms. The Labute approximate surface area is 122 Å². The Morgan fingerprint density at radius 2 is 1.95 bits per heavy atom. The minimum atomic E-state index is -0.827. The van der Waals surface area contributed by atoms with Gasteiger partial charge in [0, 0.05) is 16.6 Å². The normalized spacial score (nSPS) is 20.9. The summed E-state index contributed by atoms with van der Waals surface area (Å²) in [5.74, 6) is -0.779. The summed E-state index contributed by atoms with van der Waals surface area (Å²) in [6, 6.07) is 14.9. The molecule has 2 unspecified atom stereocenters. The monoisotopic (exact) mass is 287 g/mol. The lowest BCUT2D eigenvalue weighted by atomic mass is 9.82. The zero-order valence-corrected chi connectivity index (χ0v) is 11.5. The second-order valence-electron chi connectivity index (χ2n) is 4.97. The highest BCUT2D eigenvalue weighted by atomic mass is 35.5. The van der Waals surface area contributed by atoms with Crippen LogP contribution in [0.15, 0.2) is 48.5 Å². The molecule has 0 spiro atoms. The van der Waals surface area contributed by atoms with Gasteiger partial charge in [-0.15, -0.1) is 0 Å². The number of carbonyl (C=O) groups is 1. The quantitative estimate of drug-likeness (QED) is 0.884. The largest absolute Gasteiger partial charge is 0.480 e. The molecule has 102 valence electrons. The van der Waals surface area contributed by atoms with Crippen LogP contribution >= 0.6 is 11.6 Å². The maximum atomic E-state index is 11.3. The van der Waals surface area contributed by atoms with Crippen molar-refractivity contribution in [3.8, 4) is 0 Å². The Kier molecular flexibility index (Phi) is 3.36. The maximum absolute atomic E-state index is 11.3. The molecule has 4 heteroatoms. The molecule has 0 fully saturated rings. The van der Waals surface area contributed by atoms with E-state index >= 15 is 0 Å². The second-order valence-corrected chi connectivity index (χ2v) is 5.40. The Bertz CT molecular complexity index is 642. The Morgan fingerprint density at radius 3 is 2.65 bits per heavy atom. The van der Waals surface area contributed by atoms with Gasteiger partial charge in [0.15, 0.2) is 0 Å². The van der Waals surface area contributed by atoms with Gasteiger partial charge in [-0.3, -0.25) is 0 Å². The van der Waals surface area contributed by atoms with Crippen LogP contribution in [0.4, 0.5) is 5.69 Å². The van der Waals surface area contributed by atoms with E-state index in [0.717, 1.165) is 16.8 Å². The topological polar surface area (TPSA) is 49.3 Å². The van der Waals surface area contributed by atoms with Crippen LogP contribution in [0.3, 0.4) is 0 Å². The lowest BCUT2D eigenvalue weighted by Crippen LogP contribution is -2.35. The Hall–Kier alpha value is -2.00. The molecule has 0 saturated heterocycles. The zero-order valence-electron chi connectivity index (χ0n) is 10.7. The standard InChI is InChI=1S/C16H14ClNO2/c17-11-6-7-14-13(8-11)12(9-15(18-14)16(19)20)10-4-2-1-3-5-10/h1-8,12,15,18H,9H2,(H,19,20). The van der Waals surface area contributed by atoms with Crippen molar-refractivity contribution in [3.05, 3.63) is 64.7 Å². The first-order valence-electron chi connectivity index (χ1n) is 6.49. The maximum Gasteiger partial charge on any atom is 0.326 e. The zero-order chi connectivity index (χ0) is 14.1. The second kappa shape index (κ2) is 5.17. The van der Waals surface area contributed by atoms with Crippen molar-refractivity contribution in [1.29, 1.82) is 0 Å². The fourth-order valence-electron chi connectivity index (χ4n) is 2.73. The van der Waals surface area contributed by atoms with Crippen LogP contribution in [0.5, 0.6) is 0 Å². The first kappa shape index (κ1) is 13.0. The SMILES string of the molecule is O=C(O)C1CC(c2ccccc2)c2cc(Cl)ccc2N1. The van der Waals surface area contributed by atoms with E-state index in [1.807, 2.05) is 42.5 Å². The average Bonchev–Trinajstić information content (AvgIpc) is 2.47. The summed E-state index contributed by atoms with van der Waals surface area (Å²) < 4.78 is 0. The Morgan fingerprint density at radius 1 is 1.20 bits per heavy atom. The number of fused-ring (bicyclic) bond motifs is 1. The molecular weight excluding hydrogens is 274 g/mol. The highest BCUT2D eigenvalue weighted by Gasteiger charge is 2.31. The van der Waals surface area contributed by atoms with Crippen molar-refractivity contribution in [2.75, 3.05) is 5.32 Å². The van der Waals surface area contributed by atoms with Crippen molar-refractivity contribution < 1.29 is 9.90 Å². The third kappa shape index (κ3) is 2.37. The molecule has 3 nitrogen and oxygen atoms in total. The summed E-state index contributed by atoms with van der Waals surface area (Å²) in [5, 5.41) is 13.0. The molecule has 2 aromatic rings. The first-order chi connectivity index (χ1) is 9.65. The van der Waals surface area contributed by atoms with E-state index in [-0.39, 0.29) is 5.92 Å². The van der Waals surface area contributed by atoms with Crippen molar-refractivity contribution in [2.24, 2.45) is 0 Å². The molecule has 0 radical (unpaired) electrons. The number of hydrogen-bond donors (Lipinski definition) is 2. The van der Waals surface area contributed by atoms with E-state index in [9.17, 15) is 9.90 Å². The molecule has 2 N–H and O–H groups in total. The van der Waals surface area contributed by atoms with Crippen molar-refractivity contribution >= 4 is 23.3 Å². The minimum absolute atomic E-state index is 0.0484. The van der Waals surface area contributed by atoms with Crippen LogP contribution in [-0.2, 0) is 4.79 Å². The Balaban J connectivity index is 2.08. The number of benzene rings is 2. The summed E-state index contributed by atoms with van der Waals surface area (Å²) in [7, 11) is 0. The van der Waals surface area contributed by atoms with Gasteiger partial charge in [0.25, 0.3) is 0 Å². The smallest absolute Gasteiger partial charge is 0.326 e. The number of carboxylic acids is 1. The van der Waals surface area contributed by atoms with Gasteiger partial charge in [0.1, 0.15) is 6.04 Å². The van der Waals surface area contributed by atoms with E-state index in [4.69, 9.17) is 11.6 Å². The van der Waals surface area contributed by atoms with E-state index < -0.39 is 12.0 Å². The van der Waals surface area contributed by atoms with Gasteiger partial charge < -0.3 is 10.4 Å². The number of nitrogens with one attached hydrogen (secondary N) is 1. The number of carboxylic acid groups (broad SMARTS) is 1. The van der Waals surface area contributed by atoms with Crippen LogP contribution in [0.1, 0.15) is 23.5 Å².